The highest BCUT2D eigenvalue weighted by atomic mass is 19.4. The molecular formula is C14H20F3N5O2. The van der Waals surface area contributed by atoms with E-state index in [0.29, 0.717) is 19.5 Å². The van der Waals surface area contributed by atoms with Gasteiger partial charge in [0.2, 0.25) is 5.91 Å². The molecule has 1 aromatic heterocycles. The minimum absolute atomic E-state index is 0.245. The van der Waals surface area contributed by atoms with Crippen molar-refractivity contribution in [3.8, 4) is 0 Å². The van der Waals surface area contributed by atoms with Gasteiger partial charge in [-0.3, -0.25) is 19.7 Å². The van der Waals surface area contributed by atoms with Crippen LogP contribution >= 0.6 is 0 Å². The number of alkyl halides is 3. The highest BCUT2D eigenvalue weighted by Crippen LogP contribution is 2.29. The maximum Gasteiger partial charge on any atom is 0.435 e. The smallest absolute Gasteiger partial charge is 0.341 e. The normalized spacial score (nSPS) is 20.5. The minimum Gasteiger partial charge on any atom is -0.341 e. The van der Waals surface area contributed by atoms with Gasteiger partial charge in [-0.15, -0.1) is 0 Å². The molecule has 1 aliphatic rings. The zero-order valence-electron chi connectivity index (χ0n) is 13.4. The second kappa shape index (κ2) is 7.20. The molecule has 1 saturated heterocycles. The molecular weight excluding hydrogens is 327 g/mol. The topological polar surface area (TPSA) is 79.3 Å². The number of nitrogens with one attached hydrogen (secondary N) is 2. The first kappa shape index (κ1) is 18.2. The van der Waals surface area contributed by atoms with Gasteiger partial charge in [0, 0.05) is 19.8 Å². The zero-order valence-corrected chi connectivity index (χ0v) is 13.4. The molecule has 0 radical (unpaired) electrons. The standard InChI is InChI=1S/C14H20F3N5O2/c1-9(12(23)19-13(24)18-2)21-6-3-4-10(8-21)22-7-5-11(20-22)14(15,16)17/h5,7,9-10H,3-4,6,8H2,1-2H3,(H2,18,19,23,24)/t9-,10+/m0/s1. The molecule has 0 bridgehead atoms. The van der Waals surface area contributed by atoms with E-state index in [2.05, 4.69) is 15.7 Å². The molecule has 7 nitrogen and oxygen atoms in total. The predicted octanol–water partition coefficient (Wildman–Crippen LogP) is 1.38. The van der Waals surface area contributed by atoms with E-state index in [1.807, 2.05) is 4.90 Å². The number of aromatic nitrogens is 2. The Morgan fingerprint density at radius 1 is 1.42 bits per heavy atom. The van der Waals surface area contributed by atoms with E-state index in [-0.39, 0.29) is 6.04 Å². The first-order valence-electron chi connectivity index (χ1n) is 7.61. The summed E-state index contributed by atoms with van der Waals surface area (Å²) in [7, 11) is 1.40. The molecule has 1 fully saturated rings. The molecule has 1 aromatic rings. The fraction of sp³-hybridized carbons (Fsp3) is 0.643. The van der Waals surface area contributed by atoms with Crippen LogP contribution in [0.1, 0.15) is 31.5 Å². The fourth-order valence-electron chi connectivity index (χ4n) is 2.69. The largest absolute Gasteiger partial charge is 0.435 e. The van der Waals surface area contributed by atoms with E-state index in [4.69, 9.17) is 0 Å². The highest BCUT2D eigenvalue weighted by molar-refractivity contribution is 5.96. The lowest BCUT2D eigenvalue weighted by Gasteiger charge is -2.36. The summed E-state index contributed by atoms with van der Waals surface area (Å²) in [6.07, 6.45) is -1.75. The van der Waals surface area contributed by atoms with Crippen LogP contribution in [0.2, 0.25) is 0 Å². The van der Waals surface area contributed by atoms with E-state index in [0.717, 1.165) is 12.5 Å². The number of urea groups is 1. The van der Waals surface area contributed by atoms with Crippen LogP contribution in [0.3, 0.4) is 0 Å². The van der Waals surface area contributed by atoms with Crippen molar-refractivity contribution in [1.82, 2.24) is 25.3 Å². The Morgan fingerprint density at radius 3 is 2.71 bits per heavy atom. The molecule has 2 heterocycles. The maximum absolute atomic E-state index is 12.7. The molecule has 0 aromatic carbocycles. The third kappa shape index (κ3) is 4.25. The lowest BCUT2D eigenvalue weighted by molar-refractivity contribution is -0.141. The number of hydrogen-bond acceptors (Lipinski definition) is 4. The van der Waals surface area contributed by atoms with E-state index >= 15 is 0 Å². The molecule has 2 atom stereocenters. The van der Waals surface area contributed by atoms with E-state index in [1.54, 1.807) is 6.92 Å². The van der Waals surface area contributed by atoms with Crippen LogP contribution in [0.4, 0.5) is 18.0 Å². The summed E-state index contributed by atoms with van der Waals surface area (Å²) >= 11 is 0. The van der Waals surface area contributed by atoms with E-state index < -0.39 is 29.9 Å². The average Bonchev–Trinajstić information content (AvgIpc) is 3.04. The second-order valence-corrected chi connectivity index (χ2v) is 5.71. The molecule has 10 heteroatoms. The lowest BCUT2D eigenvalue weighted by Crippen LogP contribution is -2.51. The van der Waals surface area contributed by atoms with Gasteiger partial charge in [-0.1, -0.05) is 0 Å². The molecule has 3 amide bonds. The number of carbonyl (C=O) groups excluding carboxylic acids is 2. The molecule has 0 spiro atoms. The quantitative estimate of drug-likeness (QED) is 0.866. The first-order chi connectivity index (χ1) is 11.2. The van der Waals surface area contributed by atoms with Gasteiger partial charge in [-0.25, -0.2) is 4.79 Å². The van der Waals surface area contributed by atoms with Crippen molar-refractivity contribution in [3.05, 3.63) is 18.0 Å². The van der Waals surface area contributed by atoms with E-state index in [1.165, 1.54) is 17.9 Å². The molecule has 1 aliphatic heterocycles. The van der Waals surface area contributed by atoms with Crippen LogP contribution in [-0.2, 0) is 11.0 Å². The van der Waals surface area contributed by atoms with Crippen molar-refractivity contribution in [2.45, 2.75) is 38.0 Å². The van der Waals surface area contributed by atoms with Gasteiger partial charge in [-0.2, -0.15) is 18.3 Å². The molecule has 2 N–H and O–H groups in total. The molecule has 0 aliphatic carbocycles. The Labute approximate surface area is 137 Å². The number of hydrogen-bond donors (Lipinski definition) is 2. The Hall–Kier alpha value is -2.10. The molecule has 0 unspecified atom stereocenters. The molecule has 2 rings (SSSR count). The van der Waals surface area contributed by atoms with Crippen LogP contribution in [0.15, 0.2) is 12.3 Å². The number of amides is 3. The van der Waals surface area contributed by atoms with Gasteiger partial charge in [0.05, 0.1) is 12.1 Å². The van der Waals surface area contributed by atoms with Crippen LogP contribution in [0.5, 0.6) is 0 Å². The maximum atomic E-state index is 12.7. The van der Waals surface area contributed by atoms with Crippen molar-refractivity contribution < 1.29 is 22.8 Å². The third-order valence-corrected chi connectivity index (χ3v) is 4.09. The van der Waals surface area contributed by atoms with Crippen molar-refractivity contribution >= 4 is 11.9 Å². The summed E-state index contributed by atoms with van der Waals surface area (Å²) in [5, 5.41) is 8.10. The Kier molecular flexibility index (Phi) is 5.47. The van der Waals surface area contributed by atoms with Gasteiger partial charge in [0.25, 0.3) is 0 Å². The summed E-state index contributed by atoms with van der Waals surface area (Å²) in [5.74, 6) is -0.452. The van der Waals surface area contributed by atoms with Gasteiger partial charge < -0.3 is 5.32 Å². The number of nitrogens with zero attached hydrogens (tertiary/aromatic N) is 3. The number of halogens is 3. The zero-order chi connectivity index (χ0) is 17.9. The number of rotatable bonds is 3. The van der Waals surface area contributed by atoms with Crippen molar-refractivity contribution in [2.24, 2.45) is 0 Å². The monoisotopic (exact) mass is 347 g/mol. The van der Waals surface area contributed by atoms with Gasteiger partial charge in [0.15, 0.2) is 5.69 Å². The molecule has 0 saturated carbocycles. The van der Waals surface area contributed by atoms with Crippen LogP contribution in [-0.4, -0.2) is 52.8 Å². The predicted molar refractivity (Wildman–Crippen MR) is 79.1 cm³/mol. The highest BCUT2D eigenvalue weighted by Gasteiger charge is 2.35. The summed E-state index contributed by atoms with van der Waals surface area (Å²) < 4.78 is 39.3. The number of likely N-dealkylation sites (tertiary alicyclic amines) is 1. The van der Waals surface area contributed by atoms with E-state index in [9.17, 15) is 22.8 Å². The SMILES string of the molecule is CNC(=O)NC(=O)[C@H](C)N1CCC[C@@H](n2ccc(C(F)(F)F)n2)C1. The third-order valence-electron chi connectivity index (χ3n) is 4.09. The summed E-state index contributed by atoms with van der Waals surface area (Å²) in [4.78, 5) is 25.1. The van der Waals surface area contributed by atoms with Crippen molar-refractivity contribution in [2.75, 3.05) is 20.1 Å². The minimum atomic E-state index is -4.47. The second-order valence-electron chi connectivity index (χ2n) is 5.71. The van der Waals surface area contributed by atoms with Crippen molar-refractivity contribution in [1.29, 1.82) is 0 Å². The van der Waals surface area contributed by atoms with Crippen LogP contribution in [0.25, 0.3) is 0 Å². The Morgan fingerprint density at radius 2 is 2.12 bits per heavy atom. The fourth-order valence-corrected chi connectivity index (χ4v) is 2.69. The van der Waals surface area contributed by atoms with Gasteiger partial charge in [-0.05, 0) is 32.4 Å². The Bertz CT molecular complexity index is 601. The lowest BCUT2D eigenvalue weighted by atomic mass is 10.0. The molecule has 24 heavy (non-hydrogen) atoms. The van der Waals surface area contributed by atoms with Gasteiger partial charge >= 0.3 is 12.2 Å². The van der Waals surface area contributed by atoms with Crippen LogP contribution in [0, 0.1) is 0 Å². The van der Waals surface area contributed by atoms with Gasteiger partial charge in [0.1, 0.15) is 0 Å². The first-order valence-corrected chi connectivity index (χ1v) is 7.61. The van der Waals surface area contributed by atoms with Crippen LogP contribution < -0.4 is 10.6 Å². The summed E-state index contributed by atoms with van der Waals surface area (Å²) in [6.45, 7) is 2.68. The molecule has 134 valence electrons. The van der Waals surface area contributed by atoms with Crippen molar-refractivity contribution in [3.63, 3.8) is 0 Å². The number of imide groups is 1. The average molecular weight is 347 g/mol. The summed E-state index contributed by atoms with van der Waals surface area (Å²) in [5.41, 5.74) is -0.926. The number of piperidine rings is 1. The number of carbonyl (C=O) groups is 2. The Balaban J connectivity index is 2.02. The summed E-state index contributed by atoms with van der Waals surface area (Å²) in [6, 6.07) is -0.462.